The molecule has 1 aromatic rings. The van der Waals surface area contributed by atoms with Gasteiger partial charge in [0.05, 0.1) is 13.2 Å². The number of hydrogen-bond acceptors (Lipinski definition) is 5. The Morgan fingerprint density at radius 3 is 2.89 bits per heavy atom. The molecule has 0 radical (unpaired) electrons. The van der Waals surface area contributed by atoms with Crippen LogP contribution in [-0.4, -0.2) is 35.2 Å². The third kappa shape index (κ3) is 3.56. The van der Waals surface area contributed by atoms with Gasteiger partial charge in [0.25, 0.3) is 0 Å². The fourth-order valence-corrected chi connectivity index (χ4v) is 3.42. The van der Waals surface area contributed by atoms with Crippen LogP contribution < -0.4 is 10.0 Å². The topological polar surface area (TPSA) is 80.6 Å². The van der Waals surface area contributed by atoms with E-state index in [1.54, 1.807) is 20.0 Å². The lowest BCUT2D eigenvalue weighted by atomic mass is 10.1. The van der Waals surface area contributed by atoms with E-state index in [0.717, 1.165) is 6.42 Å². The van der Waals surface area contributed by atoms with Crippen LogP contribution in [-0.2, 0) is 21.3 Å². The van der Waals surface area contributed by atoms with Crippen LogP contribution in [0.1, 0.15) is 17.9 Å². The van der Waals surface area contributed by atoms with Crippen LogP contribution in [0.25, 0.3) is 0 Å². The maximum atomic E-state index is 12.2. The Morgan fingerprint density at radius 1 is 1.47 bits per heavy atom. The lowest BCUT2D eigenvalue weighted by Crippen LogP contribution is -2.29. The molecule has 19 heavy (non-hydrogen) atoms. The minimum absolute atomic E-state index is 0.219. The van der Waals surface area contributed by atoms with Crippen molar-refractivity contribution >= 4 is 10.0 Å². The summed E-state index contributed by atoms with van der Waals surface area (Å²) in [6, 6.07) is 1.57. The van der Waals surface area contributed by atoms with Crippen molar-refractivity contribution < 1.29 is 17.6 Å². The molecular formula is C12H20N2O4S. The first-order valence-corrected chi connectivity index (χ1v) is 7.82. The minimum Gasteiger partial charge on any atom is -0.464 e. The summed E-state index contributed by atoms with van der Waals surface area (Å²) >= 11 is 0. The molecule has 1 saturated heterocycles. The highest BCUT2D eigenvalue weighted by Gasteiger charge is 2.23. The van der Waals surface area contributed by atoms with E-state index in [0.29, 0.717) is 37.8 Å². The van der Waals surface area contributed by atoms with Crippen LogP contribution in [0.4, 0.5) is 0 Å². The monoisotopic (exact) mass is 288 g/mol. The molecule has 6 nitrogen and oxygen atoms in total. The molecule has 1 aliphatic heterocycles. The van der Waals surface area contributed by atoms with E-state index in [2.05, 4.69) is 10.0 Å². The van der Waals surface area contributed by atoms with Gasteiger partial charge in [-0.15, -0.1) is 0 Å². The van der Waals surface area contributed by atoms with Crippen LogP contribution in [0.15, 0.2) is 15.4 Å². The highest BCUT2D eigenvalue weighted by Crippen LogP contribution is 2.20. The average molecular weight is 288 g/mol. The van der Waals surface area contributed by atoms with Crippen molar-refractivity contribution in [3.05, 3.63) is 17.6 Å². The number of rotatable bonds is 6. The van der Waals surface area contributed by atoms with Crippen molar-refractivity contribution in [2.75, 3.05) is 26.8 Å². The van der Waals surface area contributed by atoms with E-state index in [9.17, 15) is 8.42 Å². The summed E-state index contributed by atoms with van der Waals surface area (Å²) in [6.07, 6.45) is 0.901. The first-order valence-electron chi connectivity index (χ1n) is 6.34. The van der Waals surface area contributed by atoms with Crippen molar-refractivity contribution in [1.82, 2.24) is 10.0 Å². The lowest BCUT2D eigenvalue weighted by Gasteiger charge is -2.09. The van der Waals surface area contributed by atoms with Crippen LogP contribution in [0, 0.1) is 12.8 Å². The fourth-order valence-electron chi connectivity index (χ4n) is 2.10. The summed E-state index contributed by atoms with van der Waals surface area (Å²) < 4.78 is 37.6. The van der Waals surface area contributed by atoms with Gasteiger partial charge < -0.3 is 14.5 Å². The van der Waals surface area contributed by atoms with Gasteiger partial charge >= 0.3 is 0 Å². The molecule has 2 heterocycles. The molecule has 7 heteroatoms. The van der Waals surface area contributed by atoms with Crippen LogP contribution in [0.3, 0.4) is 0 Å². The Bertz CT molecular complexity index is 518. The zero-order valence-electron chi connectivity index (χ0n) is 11.2. The Labute approximate surface area is 113 Å². The molecule has 1 aliphatic rings. The van der Waals surface area contributed by atoms with E-state index in [1.165, 1.54) is 0 Å². The van der Waals surface area contributed by atoms with Gasteiger partial charge in [-0.25, -0.2) is 13.1 Å². The van der Waals surface area contributed by atoms with Gasteiger partial charge in [0.2, 0.25) is 10.0 Å². The molecule has 108 valence electrons. The van der Waals surface area contributed by atoms with E-state index >= 15 is 0 Å². The van der Waals surface area contributed by atoms with Crippen molar-refractivity contribution in [3.8, 4) is 0 Å². The predicted molar refractivity (Wildman–Crippen MR) is 70.3 cm³/mol. The summed E-state index contributed by atoms with van der Waals surface area (Å²) in [5, 5.41) is 2.93. The van der Waals surface area contributed by atoms with Crippen LogP contribution >= 0.6 is 0 Å². The average Bonchev–Trinajstić information content (AvgIpc) is 2.97. The molecule has 0 aromatic carbocycles. The third-order valence-corrected chi connectivity index (χ3v) is 4.68. The molecule has 2 rings (SSSR count). The van der Waals surface area contributed by atoms with Crippen LogP contribution in [0.2, 0.25) is 0 Å². The molecule has 1 aromatic heterocycles. The van der Waals surface area contributed by atoms with E-state index in [4.69, 9.17) is 9.15 Å². The van der Waals surface area contributed by atoms with E-state index in [-0.39, 0.29) is 10.8 Å². The van der Waals surface area contributed by atoms with Gasteiger partial charge in [-0.1, -0.05) is 0 Å². The quantitative estimate of drug-likeness (QED) is 0.802. The summed E-state index contributed by atoms with van der Waals surface area (Å²) in [4.78, 5) is 0.219. The van der Waals surface area contributed by atoms with Crippen molar-refractivity contribution in [2.24, 2.45) is 5.92 Å². The normalized spacial score (nSPS) is 20.0. The highest BCUT2D eigenvalue weighted by atomic mass is 32.2. The Morgan fingerprint density at radius 2 is 2.26 bits per heavy atom. The zero-order chi connectivity index (χ0) is 13.9. The van der Waals surface area contributed by atoms with Crippen LogP contribution in [0.5, 0.6) is 0 Å². The second kappa shape index (κ2) is 6.04. The van der Waals surface area contributed by atoms with Gasteiger partial charge in [0, 0.05) is 19.2 Å². The second-order valence-electron chi connectivity index (χ2n) is 4.74. The maximum Gasteiger partial charge on any atom is 0.244 e. The van der Waals surface area contributed by atoms with Gasteiger partial charge in [-0.2, -0.15) is 0 Å². The standard InChI is InChI=1S/C12H20N2O4S/c1-9-12(5-11(18-9)7-13-2)19(15,16)14-6-10-3-4-17-8-10/h5,10,13-14H,3-4,6-8H2,1-2H3. The molecule has 0 saturated carbocycles. The van der Waals surface area contributed by atoms with E-state index < -0.39 is 10.0 Å². The summed E-state index contributed by atoms with van der Waals surface area (Å²) in [5.74, 6) is 1.30. The fraction of sp³-hybridized carbons (Fsp3) is 0.667. The number of ether oxygens (including phenoxy) is 1. The number of furan rings is 1. The molecule has 1 fully saturated rings. The third-order valence-electron chi connectivity index (χ3n) is 3.15. The lowest BCUT2D eigenvalue weighted by molar-refractivity contribution is 0.186. The molecule has 1 atom stereocenters. The van der Waals surface area contributed by atoms with E-state index in [1.807, 2.05) is 0 Å². The Kier molecular flexibility index (Phi) is 4.62. The predicted octanol–water partition coefficient (Wildman–Crippen LogP) is 0.622. The van der Waals surface area contributed by atoms with Gasteiger partial charge in [-0.05, 0) is 26.3 Å². The number of nitrogens with one attached hydrogen (secondary N) is 2. The van der Waals surface area contributed by atoms with Crippen molar-refractivity contribution in [1.29, 1.82) is 0 Å². The van der Waals surface area contributed by atoms with Gasteiger partial charge in [-0.3, -0.25) is 0 Å². The highest BCUT2D eigenvalue weighted by molar-refractivity contribution is 7.89. The first-order chi connectivity index (χ1) is 9.03. The van der Waals surface area contributed by atoms with Crippen molar-refractivity contribution in [2.45, 2.75) is 24.8 Å². The number of sulfonamides is 1. The Balaban J connectivity index is 2.05. The molecule has 0 aliphatic carbocycles. The maximum absolute atomic E-state index is 12.2. The smallest absolute Gasteiger partial charge is 0.244 e. The zero-order valence-corrected chi connectivity index (χ0v) is 12.0. The van der Waals surface area contributed by atoms with Gasteiger partial charge in [0.15, 0.2) is 0 Å². The summed E-state index contributed by atoms with van der Waals surface area (Å²) in [5.41, 5.74) is 0. The molecule has 0 spiro atoms. The first kappa shape index (κ1) is 14.5. The SMILES string of the molecule is CNCc1cc(S(=O)(=O)NCC2CCOC2)c(C)o1. The number of hydrogen-bond donors (Lipinski definition) is 2. The second-order valence-corrected chi connectivity index (χ2v) is 6.48. The van der Waals surface area contributed by atoms with Gasteiger partial charge in [0.1, 0.15) is 16.4 Å². The largest absolute Gasteiger partial charge is 0.464 e. The molecule has 0 amide bonds. The summed E-state index contributed by atoms with van der Waals surface area (Å²) in [7, 11) is -1.72. The summed E-state index contributed by atoms with van der Waals surface area (Å²) in [6.45, 7) is 3.91. The molecule has 2 N–H and O–H groups in total. The van der Waals surface area contributed by atoms with Crippen molar-refractivity contribution in [3.63, 3.8) is 0 Å². The Hall–Kier alpha value is -0.890. The number of aryl methyl sites for hydroxylation is 1. The minimum atomic E-state index is -3.50. The molecule has 0 bridgehead atoms. The molecular weight excluding hydrogens is 268 g/mol. The molecule has 1 unspecified atom stereocenters.